The highest BCUT2D eigenvalue weighted by molar-refractivity contribution is 5.88. The molecular weight excluding hydrogens is 554 g/mol. The molecule has 3 aliphatic rings. The lowest BCUT2D eigenvalue weighted by molar-refractivity contribution is -0.158. The Hall–Kier alpha value is -3.16. The largest absolute Gasteiger partial charge is 0.496 e. The van der Waals surface area contributed by atoms with Gasteiger partial charge in [0.1, 0.15) is 11.9 Å². The van der Waals surface area contributed by atoms with Crippen molar-refractivity contribution in [2.45, 2.75) is 97.6 Å². The van der Waals surface area contributed by atoms with E-state index in [0.717, 1.165) is 47.6 Å². The van der Waals surface area contributed by atoms with Gasteiger partial charge in [-0.25, -0.2) is 0 Å². The number of fused-ring (bicyclic) bond motifs is 2. The van der Waals surface area contributed by atoms with Gasteiger partial charge >= 0.3 is 5.97 Å². The number of aliphatic hydroxyl groups excluding tert-OH is 2. The Morgan fingerprint density at radius 2 is 1.93 bits per heavy atom. The van der Waals surface area contributed by atoms with Gasteiger partial charge in [-0.05, 0) is 83.9 Å². The molecule has 0 bridgehead atoms. The number of ether oxygens (including phenoxy) is 2. The molecule has 7 heteroatoms. The lowest BCUT2D eigenvalue weighted by Gasteiger charge is -2.44. The van der Waals surface area contributed by atoms with E-state index in [0.29, 0.717) is 30.6 Å². The summed E-state index contributed by atoms with van der Waals surface area (Å²) in [5, 5.41) is 22.5. The fourth-order valence-electron chi connectivity index (χ4n) is 7.65. The fraction of sp³-hybridized carbons (Fsp3) is 0.568. The number of piperidine rings is 1. The van der Waals surface area contributed by atoms with E-state index < -0.39 is 6.10 Å². The molecular formula is C37H49NO6. The van der Waals surface area contributed by atoms with Crippen LogP contribution in [0.25, 0.3) is 10.8 Å². The lowest BCUT2D eigenvalue weighted by atomic mass is 9.65. The number of allylic oxidation sites excluding steroid dienone is 3. The van der Waals surface area contributed by atoms with E-state index in [4.69, 9.17) is 9.47 Å². The minimum atomic E-state index is -0.640. The molecule has 1 heterocycles. The Balaban J connectivity index is 1.36. The number of esters is 1. The van der Waals surface area contributed by atoms with Crippen molar-refractivity contribution in [3.05, 3.63) is 65.3 Å². The number of aliphatic hydroxyl groups is 2. The first-order chi connectivity index (χ1) is 21.1. The molecule has 2 aliphatic carbocycles. The Bertz CT molecular complexity index is 1410. The van der Waals surface area contributed by atoms with E-state index in [1.807, 2.05) is 43.0 Å². The molecule has 7 nitrogen and oxygen atoms in total. The maximum atomic E-state index is 13.4. The van der Waals surface area contributed by atoms with E-state index in [2.05, 4.69) is 38.1 Å². The van der Waals surface area contributed by atoms with Crippen molar-refractivity contribution in [3.8, 4) is 5.75 Å². The van der Waals surface area contributed by atoms with Gasteiger partial charge in [-0.2, -0.15) is 0 Å². The molecule has 1 saturated heterocycles. The van der Waals surface area contributed by atoms with Crippen LogP contribution in [0.1, 0.15) is 77.3 Å². The third-order valence-electron chi connectivity index (χ3n) is 10.3. The second kappa shape index (κ2) is 13.9. The summed E-state index contributed by atoms with van der Waals surface area (Å²) in [6.45, 7) is 8.73. The Kier molecular flexibility index (Phi) is 10.2. The third kappa shape index (κ3) is 6.74. The predicted molar refractivity (Wildman–Crippen MR) is 172 cm³/mol. The van der Waals surface area contributed by atoms with Gasteiger partial charge < -0.3 is 24.6 Å². The van der Waals surface area contributed by atoms with Crippen LogP contribution in [0.2, 0.25) is 0 Å². The quantitative estimate of drug-likeness (QED) is 0.308. The van der Waals surface area contributed by atoms with E-state index >= 15 is 0 Å². The van der Waals surface area contributed by atoms with Crippen LogP contribution >= 0.6 is 0 Å². The number of hydrogen-bond donors (Lipinski definition) is 2. The number of carbonyl (C=O) groups is 2. The minimum Gasteiger partial charge on any atom is -0.496 e. The molecule has 8 unspecified atom stereocenters. The van der Waals surface area contributed by atoms with E-state index in [1.54, 1.807) is 7.11 Å². The summed E-state index contributed by atoms with van der Waals surface area (Å²) in [4.78, 5) is 28.2. The fourth-order valence-corrected chi connectivity index (χ4v) is 7.65. The molecule has 0 radical (unpaired) electrons. The first-order valence-corrected chi connectivity index (χ1v) is 16.4. The zero-order chi connectivity index (χ0) is 31.5. The maximum absolute atomic E-state index is 13.4. The van der Waals surface area contributed by atoms with Crippen molar-refractivity contribution in [1.29, 1.82) is 0 Å². The molecule has 0 spiro atoms. The number of amides is 1. The molecule has 44 heavy (non-hydrogen) atoms. The predicted octanol–water partition coefficient (Wildman–Crippen LogP) is 6.34. The number of benzene rings is 2. The Morgan fingerprint density at radius 1 is 1.14 bits per heavy atom. The summed E-state index contributed by atoms with van der Waals surface area (Å²) in [6.07, 6.45) is 9.98. The highest BCUT2D eigenvalue weighted by Gasteiger charge is 2.42. The highest BCUT2D eigenvalue weighted by Crippen LogP contribution is 2.45. The van der Waals surface area contributed by atoms with Gasteiger partial charge in [-0.15, -0.1) is 0 Å². The topological polar surface area (TPSA) is 96.3 Å². The molecule has 1 aliphatic heterocycles. The highest BCUT2D eigenvalue weighted by atomic mass is 16.5. The molecule has 8 atom stereocenters. The van der Waals surface area contributed by atoms with Gasteiger partial charge in [0.05, 0.1) is 32.2 Å². The van der Waals surface area contributed by atoms with Crippen molar-refractivity contribution in [3.63, 3.8) is 0 Å². The van der Waals surface area contributed by atoms with Crippen LogP contribution in [0.4, 0.5) is 0 Å². The Morgan fingerprint density at radius 3 is 2.66 bits per heavy atom. The van der Waals surface area contributed by atoms with Crippen molar-refractivity contribution < 1.29 is 29.3 Å². The summed E-state index contributed by atoms with van der Waals surface area (Å²) in [5.74, 6) is 1.46. The second-order valence-electron chi connectivity index (χ2n) is 13.4. The second-order valence-corrected chi connectivity index (χ2v) is 13.4. The van der Waals surface area contributed by atoms with Crippen molar-refractivity contribution in [2.75, 3.05) is 7.11 Å². The van der Waals surface area contributed by atoms with Crippen molar-refractivity contribution in [2.24, 2.45) is 29.6 Å². The van der Waals surface area contributed by atoms with E-state index in [9.17, 15) is 19.8 Å². The number of rotatable bonds is 10. The number of hydrogen-bond acceptors (Lipinski definition) is 6. The lowest BCUT2D eigenvalue weighted by Crippen LogP contribution is -2.48. The minimum absolute atomic E-state index is 0.0244. The molecule has 2 aromatic rings. The summed E-state index contributed by atoms with van der Waals surface area (Å²) in [6, 6.07) is 9.85. The van der Waals surface area contributed by atoms with Gasteiger partial charge in [0, 0.05) is 24.1 Å². The average molecular weight is 604 g/mol. The average Bonchev–Trinajstić information content (AvgIpc) is 3.00. The molecule has 2 N–H and O–H groups in total. The normalized spacial score (nSPS) is 29.2. The van der Waals surface area contributed by atoms with E-state index in [1.165, 1.54) is 5.57 Å². The smallest absolute Gasteiger partial charge is 0.308 e. The van der Waals surface area contributed by atoms with Crippen molar-refractivity contribution >= 4 is 22.6 Å². The van der Waals surface area contributed by atoms with Gasteiger partial charge in [0.25, 0.3) is 0 Å². The molecule has 2 aromatic carbocycles. The molecule has 0 aromatic heterocycles. The number of methoxy groups -OCH3 is 1. The SMILES string of the molecule is CCC(C)C(=O)OC1CC(C)C=C2C=CC(C)C(CCC3CC(O)CC(=O)N3Cc3ccc4c(CO)c(OC)ccc4c3)C21. The number of nitrogens with zero attached hydrogens (tertiary/aromatic N) is 1. The number of likely N-dealkylation sites (tertiary alicyclic amines) is 1. The van der Waals surface area contributed by atoms with Crippen LogP contribution in [0.3, 0.4) is 0 Å². The first-order valence-electron chi connectivity index (χ1n) is 16.4. The summed E-state index contributed by atoms with van der Waals surface area (Å²) in [5.41, 5.74) is 3.03. The zero-order valence-electron chi connectivity index (χ0n) is 26.9. The van der Waals surface area contributed by atoms with Crippen LogP contribution in [-0.2, 0) is 27.5 Å². The maximum Gasteiger partial charge on any atom is 0.308 e. The van der Waals surface area contributed by atoms with Crippen LogP contribution in [0, 0.1) is 29.6 Å². The zero-order valence-corrected chi connectivity index (χ0v) is 26.9. The molecule has 238 valence electrons. The molecule has 1 fully saturated rings. The Labute approximate surface area is 261 Å². The molecule has 0 saturated carbocycles. The van der Waals surface area contributed by atoms with Crippen LogP contribution in [0.5, 0.6) is 5.75 Å². The first kappa shape index (κ1) is 32.2. The monoisotopic (exact) mass is 603 g/mol. The van der Waals surface area contributed by atoms with Crippen LogP contribution < -0.4 is 4.74 Å². The van der Waals surface area contributed by atoms with Gasteiger partial charge in [0.15, 0.2) is 0 Å². The van der Waals surface area contributed by atoms with E-state index in [-0.39, 0.29) is 54.8 Å². The van der Waals surface area contributed by atoms with Crippen LogP contribution in [-0.4, -0.2) is 52.3 Å². The molecule has 1 amide bonds. The number of carbonyl (C=O) groups excluding carboxylic acids is 2. The molecule has 5 rings (SSSR count). The van der Waals surface area contributed by atoms with Crippen molar-refractivity contribution in [1.82, 2.24) is 4.90 Å². The summed E-state index contributed by atoms with van der Waals surface area (Å²) in [7, 11) is 1.60. The van der Waals surface area contributed by atoms with Gasteiger partial charge in [-0.3, -0.25) is 9.59 Å². The van der Waals surface area contributed by atoms with Crippen LogP contribution in [0.15, 0.2) is 54.1 Å². The van der Waals surface area contributed by atoms with Gasteiger partial charge in [-0.1, -0.05) is 64.1 Å². The summed E-state index contributed by atoms with van der Waals surface area (Å²) < 4.78 is 11.6. The standard InChI is InChI=1S/C37H49NO6/c1-6-23(3)37(42)44-34-16-22(2)15-27-9-7-24(4)30(36(27)34)13-11-28-18-29(40)19-35(41)38(28)20-25-8-12-31-26(17-25)10-14-33(43-5)32(31)21-39/h7-10,12,14-15,17,22-24,28-30,34,36,39-40H,6,11,13,16,18-21H2,1-5H3. The third-order valence-corrected chi connectivity index (χ3v) is 10.3. The summed E-state index contributed by atoms with van der Waals surface area (Å²) >= 11 is 0. The van der Waals surface area contributed by atoms with Gasteiger partial charge in [0.2, 0.25) is 5.91 Å².